The molecule has 0 bridgehead atoms. The van der Waals surface area contributed by atoms with Crippen LogP contribution in [0.15, 0.2) is 257 Å². The summed E-state index contributed by atoms with van der Waals surface area (Å²) in [6.07, 6.45) is 18.3. The van der Waals surface area contributed by atoms with Crippen molar-refractivity contribution in [2.24, 2.45) is 17.6 Å². The minimum atomic E-state index is -1.19. The number of carbonyl (C=O) groups excluding carboxylic acids is 7. The molecule has 12 rings (SSSR count). The fraction of sp³-hybridized carbons (Fsp3) is 0.355. The van der Waals surface area contributed by atoms with Gasteiger partial charge in [0.25, 0.3) is 0 Å². The minimum Gasteiger partial charge on any atom is -0.870 e. The number of methoxy groups -OCH3 is 3. The van der Waals surface area contributed by atoms with E-state index in [0.717, 1.165) is 119 Å². The standard InChI is InChI=1S/C36H44N4O6.C35H39N3O5.C28H33N3O5.C8H13NO2.Li.H2O/c1-6-9-10-14-20-40(4)35(43)38-29(33(41)39-36(24-26(36)7-2)34(42)45-8-3)19-21-46-32-23-30(25-15-12-11-13-16-25)37-31-22-27(44-5)17-18-28(31)32;1-4-5-6-13-21-38(2)35(40)37-30(34(39)43-25-26-14-9-7-10-15-26)20-22-42-33-24-31(27-16-11-8-12-17-27)36-32-23-28(41-3)18-19-29(32)33;1-4-5-6-10-16-31(2)28(34)30-23(27(32)33)15-17-36-26-19-24(20-11-8-7-9-12-20)29-25-18-21(35-3)13-14-22(25)26;1-3-6-5-8(6,9)7(10)11-4-2;;/h6-7,11-13,15-18,22-23,26,29H,1-2,8-10,14,19-21,24H2,3-5H3,(H,38,43)(H,39,41);4,7-12,14-19,23-24,30H,1,5-6,13,20-22,25H2,2-3H3,(H,37,40);4,7-9,11-14,18-19,23H,1,5-6,10,15-17H2,2-3H3,(H,30,34)(H,32,33);3,6H,1,4-5,9H2,2H3;;1H2/q;;;;+1;/p-1/t26-,29+,36-;30-;23-;6-,8-;;/m1001../s1. The topological polar surface area (TPSA) is 392 Å². The number of urea groups is 3. The molecule has 8 N–H and O–H groups in total. The number of carboxylic acid groups (broad SMARTS) is 1. The Morgan fingerprint density at radius 1 is 0.457 bits per heavy atom. The van der Waals surface area contributed by atoms with Crippen molar-refractivity contribution in [1.29, 1.82) is 0 Å². The number of aromatic nitrogens is 3. The van der Waals surface area contributed by atoms with Crippen molar-refractivity contribution in [3.8, 4) is 68.3 Å². The number of carboxylic acids is 1. The number of esters is 3. The second kappa shape index (κ2) is 57.1. The Hall–Kier alpha value is -14.1. The van der Waals surface area contributed by atoms with Gasteiger partial charge in [-0.3, -0.25) is 9.59 Å². The number of nitrogens with one attached hydrogen (secondary N) is 4. The minimum absolute atomic E-state index is 0. The Kier molecular flexibility index (Phi) is 45.9. The van der Waals surface area contributed by atoms with Crippen molar-refractivity contribution in [3.63, 3.8) is 0 Å². The Morgan fingerprint density at radius 2 is 0.804 bits per heavy atom. The molecule has 0 unspecified atom stereocenters. The van der Waals surface area contributed by atoms with Gasteiger partial charge >= 0.3 is 60.8 Å². The monoisotopic (exact) mass is 1880 g/mol. The fourth-order valence-electron chi connectivity index (χ4n) is 14.7. The number of hydrogen-bond donors (Lipinski definition) is 6. The second-order valence-corrected chi connectivity index (χ2v) is 32.8. The number of allylic oxidation sites excluding steroid dienone is 3. The Morgan fingerprint density at radius 3 is 1.14 bits per heavy atom. The van der Waals surface area contributed by atoms with Crippen molar-refractivity contribution in [3.05, 3.63) is 263 Å². The summed E-state index contributed by atoms with van der Waals surface area (Å²) < 4.78 is 50.5. The second-order valence-electron chi connectivity index (χ2n) is 32.8. The normalized spacial score (nSPS) is 15.1. The maximum atomic E-state index is 13.7. The molecule has 2 saturated carbocycles. The van der Waals surface area contributed by atoms with E-state index < -0.39 is 65.1 Å². The van der Waals surface area contributed by atoms with Crippen LogP contribution in [0.3, 0.4) is 0 Å². The van der Waals surface area contributed by atoms with Crippen LogP contribution in [0.5, 0.6) is 34.5 Å². The van der Waals surface area contributed by atoms with Gasteiger partial charge < -0.3 is 94.9 Å². The van der Waals surface area contributed by atoms with Gasteiger partial charge in [-0.2, -0.15) is 0 Å². The first-order valence-corrected chi connectivity index (χ1v) is 45.8. The van der Waals surface area contributed by atoms with E-state index in [2.05, 4.69) is 54.2 Å². The summed E-state index contributed by atoms with van der Waals surface area (Å²) in [6.45, 7) is 24.7. The molecule has 728 valence electrons. The summed E-state index contributed by atoms with van der Waals surface area (Å²) >= 11 is 0. The summed E-state index contributed by atoms with van der Waals surface area (Å²) in [6, 6.07) is 56.9. The molecule has 10 aromatic rings. The molecular formula is C107H130LiN11O19. The SMILES string of the molecule is C=CCCCCN(C)C(=O)N[C@@H](CCOc1cc(-c2ccccc2)nc2cc(OC)ccc12)C(=O)N[C@]1(C(=O)OCC)C[C@H]1C=C.C=CCCCCN(C)C(=O)N[C@@H](CCOc1cc(-c2ccccc2)nc2cc(OC)ccc12)C(=O)O.C=CCCCCN(C)C(=O)N[C@@H](CCOc1cc(-c2ccccc2)nc2cc(OC)ccc12)C(=O)OCc1ccccc1.C=C[C@@H]1C[C@]1(N)C(=O)OCC.[Li+].[OH-]. The molecule has 30 nitrogen and oxygen atoms in total. The van der Waals surface area contributed by atoms with E-state index in [1.807, 2.05) is 212 Å². The first-order chi connectivity index (χ1) is 65.8. The average Bonchev–Trinajstić information content (AvgIpc) is 1.62. The molecule has 0 radical (unpaired) electrons. The van der Waals surface area contributed by atoms with Gasteiger partial charge in [0.15, 0.2) is 0 Å². The predicted octanol–water partition coefficient (Wildman–Crippen LogP) is 14.9. The summed E-state index contributed by atoms with van der Waals surface area (Å²) in [7, 11) is 9.87. The molecule has 2 aliphatic rings. The van der Waals surface area contributed by atoms with E-state index in [-0.39, 0.29) is 100 Å². The third-order valence-corrected chi connectivity index (χ3v) is 22.9. The van der Waals surface area contributed by atoms with Crippen molar-refractivity contribution in [2.75, 3.05) is 95.1 Å². The molecule has 7 atom stereocenters. The third-order valence-electron chi connectivity index (χ3n) is 22.9. The average molecular weight is 1880 g/mol. The molecule has 31 heteroatoms. The summed E-state index contributed by atoms with van der Waals surface area (Å²) in [5.41, 5.74) is 11.7. The molecule has 3 heterocycles. The van der Waals surface area contributed by atoms with E-state index >= 15 is 0 Å². The zero-order valence-corrected chi connectivity index (χ0v) is 80.6. The van der Waals surface area contributed by atoms with E-state index in [9.17, 15) is 43.5 Å². The molecule has 7 aromatic carbocycles. The van der Waals surface area contributed by atoms with Crippen LogP contribution in [0.25, 0.3) is 66.5 Å². The van der Waals surface area contributed by atoms with Crippen LogP contribution < -0.4 is 74.3 Å². The third kappa shape index (κ3) is 32.9. The molecule has 7 amide bonds. The molecule has 2 fully saturated rings. The van der Waals surface area contributed by atoms with Crippen LogP contribution in [0.4, 0.5) is 14.4 Å². The van der Waals surface area contributed by atoms with Crippen LogP contribution in [0, 0.1) is 11.8 Å². The Bertz CT molecular complexity index is 5670. The number of hydrogen-bond acceptors (Lipinski definition) is 22. The number of rotatable bonds is 48. The van der Waals surface area contributed by atoms with Gasteiger partial charge in [0, 0.05) is 141 Å². The number of unbranched alkanes of at least 4 members (excludes halogenated alkanes) is 6. The predicted molar refractivity (Wildman–Crippen MR) is 532 cm³/mol. The van der Waals surface area contributed by atoms with Gasteiger partial charge in [0.2, 0.25) is 5.91 Å². The van der Waals surface area contributed by atoms with Crippen molar-refractivity contribution < 1.29 is 110 Å². The molecule has 138 heavy (non-hydrogen) atoms. The van der Waals surface area contributed by atoms with Gasteiger partial charge in [-0.05, 0) is 126 Å². The number of benzene rings is 7. The summed E-state index contributed by atoms with van der Waals surface area (Å²) in [5, 5.41) is 23.2. The van der Waals surface area contributed by atoms with Crippen LogP contribution in [-0.2, 0) is 44.8 Å². The van der Waals surface area contributed by atoms with Crippen LogP contribution in [0.1, 0.15) is 109 Å². The molecular weight excluding hydrogens is 1750 g/mol. The number of amides is 7. The van der Waals surface area contributed by atoms with Crippen LogP contribution in [0.2, 0.25) is 0 Å². The summed E-state index contributed by atoms with van der Waals surface area (Å²) in [4.78, 5) is 120. The molecule has 0 saturated heterocycles. The van der Waals surface area contributed by atoms with Gasteiger partial charge in [-0.15, -0.1) is 32.9 Å². The molecule has 2 aliphatic carbocycles. The van der Waals surface area contributed by atoms with Gasteiger partial charge in [-0.25, -0.2) is 43.7 Å². The van der Waals surface area contributed by atoms with Crippen molar-refractivity contribution in [2.45, 2.75) is 140 Å². The maximum Gasteiger partial charge on any atom is 1.00 e. The number of fused-ring (bicyclic) bond motifs is 3. The molecule has 0 spiro atoms. The Labute approximate surface area is 820 Å². The number of ether oxygens (including phenoxy) is 9. The van der Waals surface area contributed by atoms with Crippen molar-refractivity contribution in [1.82, 2.24) is 50.9 Å². The zero-order valence-electron chi connectivity index (χ0n) is 80.6. The van der Waals surface area contributed by atoms with E-state index in [0.29, 0.717) is 84.6 Å². The largest absolute Gasteiger partial charge is 1.00 e. The number of carbonyl (C=O) groups is 8. The number of nitrogens with zero attached hydrogens (tertiary/aromatic N) is 6. The first kappa shape index (κ1) is 111. The fourth-order valence-corrected chi connectivity index (χ4v) is 14.7. The quantitative estimate of drug-likeness (QED) is 0.00678. The van der Waals surface area contributed by atoms with Gasteiger partial charge in [0.05, 0.1) is 88.0 Å². The maximum absolute atomic E-state index is 13.7. The van der Waals surface area contributed by atoms with E-state index in [1.165, 1.54) is 4.90 Å². The van der Waals surface area contributed by atoms with Gasteiger partial charge in [0.1, 0.15) is 70.3 Å². The number of aliphatic carboxylic acids is 1. The van der Waals surface area contributed by atoms with Crippen LogP contribution >= 0.6 is 0 Å². The number of nitrogens with two attached hydrogens (primary N) is 1. The molecule has 0 aliphatic heterocycles. The smallest absolute Gasteiger partial charge is 0.870 e. The van der Waals surface area contributed by atoms with Crippen molar-refractivity contribution >= 4 is 80.6 Å². The zero-order chi connectivity index (χ0) is 97.9. The summed E-state index contributed by atoms with van der Waals surface area (Å²) in [5.74, 6) is 0.720. The van der Waals surface area contributed by atoms with Crippen LogP contribution in [-0.4, -0.2) is 212 Å². The van der Waals surface area contributed by atoms with E-state index in [1.54, 1.807) is 78.3 Å². The van der Waals surface area contributed by atoms with Gasteiger partial charge in [-0.1, -0.05) is 152 Å². The first-order valence-electron chi connectivity index (χ1n) is 45.8. The Balaban J connectivity index is 0.000000266. The molecule has 3 aromatic heterocycles. The number of pyridine rings is 3. The van der Waals surface area contributed by atoms with E-state index in [4.69, 9.17) is 63.3 Å².